The van der Waals surface area contributed by atoms with Crippen molar-refractivity contribution in [2.75, 3.05) is 18.4 Å². The molecule has 5 rings (SSSR count). The number of anilines is 1. The second-order valence-electron chi connectivity index (χ2n) is 8.06. The van der Waals surface area contributed by atoms with Gasteiger partial charge in [-0.05, 0) is 56.9 Å². The summed E-state index contributed by atoms with van der Waals surface area (Å²) in [5.41, 5.74) is 1.95. The molecule has 2 N–H and O–H groups in total. The van der Waals surface area contributed by atoms with Crippen molar-refractivity contribution in [3.63, 3.8) is 0 Å². The first-order valence-electron chi connectivity index (χ1n) is 10.3. The highest BCUT2D eigenvalue weighted by Crippen LogP contribution is 2.40. The van der Waals surface area contributed by atoms with Gasteiger partial charge in [0.05, 0.1) is 27.2 Å². The third kappa shape index (κ3) is 3.55. The zero-order valence-electron chi connectivity index (χ0n) is 17.0. The van der Waals surface area contributed by atoms with E-state index >= 15 is 0 Å². The third-order valence-corrected chi connectivity index (χ3v) is 7.69. The first kappa shape index (κ1) is 20.0. The lowest BCUT2D eigenvalue weighted by Gasteiger charge is -2.17. The predicted molar refractivity (Wildman–Crippen MR) is 113 cm³/mol. The first-order valence-corrected chi connectivity index (χ1v) is 11.7. The summed E-state index contributed by atoms with van der Waals surface area (Å²) < 4.78 is 32.4. The molecular weight excluding hydrogens is 420 g/mol. The molecule has 9 nitrogen and oxygen atoms in total. The van der Waals surface area contributed by atoms with Crippen LogP contribution in [0.3, 0.4) is 0 Å². The number of sulfonamides is 1. The lowest BCUT2D eigenvalue weighted by atomic mass is 10.1. The number of rotatable bonds is 5. The third-order valence-electron chi connectivity index (χ3n) is 5.80. The molecule has 10 heteroatoms. The van der Waals surface area contributed by atoms with Crippen LogP contribution in [0, 0.1) is 6.92 Å². The maximum atomic E-state index is 13.2. The first-order chi connectivity index (χ1) is 14.8. The van der Waals surface area contributed by atoms with Crippen LogP contribution in [0.5, 0.6) is 5.75 Å². The lowest BCUT2D eigenvalue weighted by molar-refractivity contribution is 0.102. The van der Waals surface area contributed by atoms with Crippen molar-refractivity contribution in [3.8, 4) is 5.75 Å². The van der Waals surface area contributed by atoms with Gasteiger partial charge >= 0.3 is 0 Å². The zero-order valence-corrected chi connectivity index (χ0v) is 17.8. The number of nitrogens with one attached hydrogen (secondary N) is 1. The van der Waals surface area contributed by atoms with E-state index in [0.29, 0.717) is 41.4 Å². The average Bonchev–Trinajstić information content (AvgIpc) is 3.31. The van der Waals surface area contributed by atoms with Crippen LogP contribution in [0.25, 0.3) is 11.1 Å². The van der Waals surface area contributed by atoms with Crippen molar-refractivity contribution in [2.24, 2.45) is 0 Å². The van der Waals surface area contributed by atoms with Crippen molar-refractivity contribution in [3.05, 3.63) is 41.2 Å². The van der Waals surface area contributed by atoms with Crippen LogP contribution in [0.15, 0.2) is 33.7 Å². The fourth-order valence-corrected chi connectivity index (χ4v) is 5.47. The Morgan fingerprint density at radius 1 is 1.23 bits per heavy atom. The number of aryl methyl sites for hydroxylation is 1. The Bertz CT molecular complexity index is 1290. The van der Waals surface area contributed by atoms with Crippen molar-refractivity contribution < 1.29 is 22.8 Å². The van der Waals surface area contributed by atoms with Crippen molar-refractivity contribution in [2.45, 2.75) is 43.4 Å². The number of pyridine rings is 1. The molecule has 1 aliphatic heterocycles. The van der Waals surface area contributed by atoms with Crippen LogP contribution < -0.4 is 5.32 Å². The largest absolute Gasteiger partial charge is 0.506 e. The van der Waals surface area contributed by atoms with Gasteiger partial charge in [0.15, 0.2) is 0 Å². The molecule has 0 bridgehead atoms. The molecule has 2 aromatic heterocycles. The fourth-order valence-electron chi connectivity index (χ4n) is 3.92. The lowest BCUT2D eigenvalue weighted by Crippen LogP contribution is -2.28. The molecule has 1 saturated carbocycles. The Kier molecular flexibility index (Phi) is 4.71. The number of aromatic hydroxyl groups is 1. The highest BCUT2D eigenvalue weighted by atomic mass is 32.2. The van der Waals surface area contributed by atoms with Crippen LogP contribution in [0.4, 0.5) is 5.69 Å². The molecule has 0 atom stereocenters. The zero-order chi connectivity index (χ0) is 21.8. The normalized spacial score (nSPS) is 17.3. The molecule has 0 radical (unpaired) electrons. The van der Waals surface area contributed by atoms with Gasteiger partial charge < -0.3 is 14.9 Å². The molecule has 1 saturated heterocycles. The molecule has 3 heterocycles. The number of carbonyl (C=O) groups is 1. The standard InChI is InChI=1S/C21H22N4O5S/c1-12-19-15(11-16(13-4-5-13)23-21(19)30-24-12)20(27)22-17-10-14(6-7-18(17)26)31(28,29)25-8-2-3-9-25/h6-7,10-11,13,26H,2-5,8-9H2,1H3,(H,22,27). The summed E-state index contributed by atoms with van der Waals surface area (Å²) in [6, 6.07) is 5.64. The monoisotopic (exact) mass is 442 g/mol. The van der Waals surface area contributed by atoms with Gasteiger partial charge in [0, 0.05) is 24.7 Å². The Labute approximate surface area is 179 Å². The average molecular weight is 442 g/mol. The van der Waals surface area contributed by atoms with E-state index in [9.17, 15) is 18.3 Å². The highest BCUT2D eigenvalue weighted by molar-refractivity contribution is 7.89. The Morgan fingerprint density at radius 2 is 1.97 bits per heavy atom. The summed E-state index contributed by atoms with van der Waals surface area (Å²) in [6.07, 6.45) is 3.65. The second-order valence-corrected chi connectivity index (χ2v) is 10.00. The molecule has 1 aliphatic carbocycles. The van der Waals surface area contributed by atoms with Crippen molar-refractivity contribution in [1.82, 2.24) is 14.4 Å². The van der Waals surface area contributed by atoms with E-state index in [-0.39, 0.29) is 16.3 Å². The van der Waals surface area contributed by atoms with Gasteiger partial charge in [0.25, 0.3) is 11.6 Å². The van der Waals surface area contributed by atoms with Crippen LogP contribution in [0.1, 0.15) is 53.3 Å². The topological polar surface area (TPSA) is 126 Å². The summed E-state index contributed by atoms with van der Waals surface area (Å²) in [4.78, 5) is 17.7. The SMILES string of the molecule is Cc1noc2nc(C3CC3)cc(C(=O)Nc3cc(S(=O)(=O)N4CCCC4)ccc3O)c12. The van der Waals surface area contributed by atoms with Crippen LogP contribution in [0.2, 0.25) is 0 Å². The Hall–Kier alpha value is -2.98. The highest BCUT2D eigenvalue weighted by Gasteiger charge is 2.30. The summed E-state index contributed by atoms with van der Waals surface area (Å²) >= 11 is 0. The molecule has 2 fully saturated rings. The number of amides is 1. The number of benzene rings is 1. The van der Waals surface area contributed by atoms with E-state index in [2.05, 4.69) is 15.5 Å². The minimum atomic E-state index is -3.68. The van der Waals surface area contributed by atoms with Gasteiger partial charge in [0.2, 0.25) is 10.0 Å². The van der Waals surface area contributed by atoms with Crippen LogP contribution in [-0.4, -0.2) is 47.0 Å². The minimum absolute atomic E-state index is 0.0253. The van der Waals surface area contributed by atoms with Crippen LogP contribution >= 0.6 is 0 Å². The van der Waals surface area contributed by atoms with E-state index in [1.807, 2.05) is 0 Å². The van der Waals surface area contributed by atoms with Gasteiger partial charge in [-0.15, -0.1) is 0 Å². The molecule has 31 heavy (non-hydrogen) atoms. The number of carbonyl (C=O) groups excluding carboxylic acids is 1. The molecule has 0 unspecified atom stereocenters. The van der Waals surface area contributed by atoms with Crippen molar-refractivity contribution in [1.29, 1.82) is 0 Å². The van der Waals surface area contributed by atoms with Gasteiger partial charge in [-0.3, -0.25) is 4.79 Å². The summed E-state index contributed by atoms with van der Waals surface area (Å²) in [6.45, 7) is 2.66. The van der Waals surface area contributed by atoms with E-state index in [4.69, 9.17) is 4.52 Å². The molecule has 1 aromatic carbocycles. The maximum Gasteiger partial charge on any atom is 0.259 e. The maximum absolute atomic E-state index is 13.2. The molecule has 0 spiro atoms. The fraction of sp³-hybridized carbons (Fsp3) is 0.381. The molecule has 2 aliphatic rings. The number of phenolic OH excluding ortho intramolecular Hbond substituents is 1. The second kappa shape index (κ2) is 7.31. The van der Waals surface area contributed by atoms with Gasteiger partial charge in [-0.25, -0.2) is 13.4 Å². The number of aromatic nitrogens is 2. The van der Waals surface area contributed by atoms with E-state index in [1.165, 1.54) is 22.5 Å². The van der Waals surface area contributed by atoms with Crippen molar-refractivity contribution >= 4 is 32.7 Å². The number of hydrogen-bond acceptors (Lipinski definition) is 7. The van der Waals surface area contributed by atoms with E-state index < -0.39 is 15.9 Å². The number of fused-ring (bicyclic) bond motifs is 1. The predicted octanol–water partition coefficient (Wildman–Crippen LogP) is 3.15. The Balaban J connectivity index is 1.50. The van der Waals surface area contributed by atoms with Crippen LogP contribution in [-0.2, 0) is 10.0 Å². The number of nitrogens with zero attached hydrogens (tertiary/aromatic N) is 3. The Morgan fingerprint density at radius 3 is 2.68 bits per heavy atom. The smallest absolute Gasteiger partial charge is 0.259 e. The number of phenols is 1. The van der Waals surface area contributed by atoms with Gasteiger partial charge in [-0.1, -0.05) is 5.16 Å². The summed E-state index contributed by atoms with van der Waals surface area (Å²) in [5.74, 6) is -0.418. The number of hydrogen-bond donors (Lipinski definition) is 2. The van der Waals surface area contributed by atoms with E-state index in [1.54, 1.807) is 13.0 Å². The summed E-state index contributed by atoms with van der Waals surface area (Å²) in [7, 11) is -3.68. The minimum Gasteiger partial charge on any atom is -0.506 e. The molecule has 3 aromatic rings. The quantitative estimate of drug-likeness (QED) is 0.581. The molecule has 1 amide bonds. The van der Waals surface area contributed by atoms with Gasteiger partial charge in [-0.2, -0.15) is 4.31 Å². The summed E-state index contributed by atoms with van der Waals surface area (Å²) in [5, 5.41) is 17.4. The molecule has 162 valence electrons. The van der Waals surface area contributed by atoms with Gasteiger partial charge in [0.1, 0.15) is 5.75 Å². The van der Waals surface area contributed by atoms with E-state index in [0.717, 1.165) is 31.4 Å². The molecular formula is C21H22N4O5S.